The summed E-state index contributed by atoms with van der Waals surface area (Å²) in [4.78, 5) is 11.1. The van der Waals surface area contributed by atoms with Gasteiger partial charge in [-0.3, -0.25) is 5.10 Å². The van der Waals surface area contributed by atoms with Crippen LogP contribution in [0.25, 0.3) is 11.0 Å². The van der Waals surface area contributed by atoms with E-state index in [1.807, 2.05) is 6.92 Å². The van der Waals surface area contributed by atoms with Crippen molar-refractivity contribution in [2.75, 3.05) is 5.32 Å². The topological polar surface area (TPSA) is 116 Å². The average molecular weight is 372 g/mol. The van der Waals surface area contributed by atoms with Gasteiger partial charge in [-0.1, -0.05) is 0 Å². The highest BCUT2D eigenvalue weighted by Crippen LogP contribution is 2.26. The van der Waals surface area contributed by atoms with Crippen LogP contribution in [-0.2, 0) is 9.84 Å². The third-order valence-corrected chi connectivity index (χ3v) is 5.27. The standard InChI is InChI=1S/C16H13FN6O2S/c1-9-8-13(23-22-9)19-15-12-6-7-18-14(12)20-16(21-15)26(24,25)11-4-2-10(17)3-5-11/h2-8H,1H3,(H3,18,19,20,21,22,23). The number of H-pyrrole nitrogens is 2. The van der Waals surface area contributed by atoms with E-state index >= 15 is 0 Å². The van der Waals surface area contributed by atoms with Gasteiger partial charge in [0.05, 0.1) is 10.3 Å². The van der Waals surface area contributed by atoms with Crippen LogP contribution in [0.3, 0.4) is 0 Å². The van der Waals surface area contributed by atoms with E-state index in [1.165, 1.54) is 12.1 Å². The molecule has 0 aliphatic carbocycles. The highest BCUT2D eigenvalue weighted by Gasteiger charge is 2.24. The van der Waals surface area contributed by atoms with Gasteiger partial charge in [-0.15, -0.1) is 0 Å². The Morgan fingerprint density at radius 2 is 1.88 bits per heavy atom. The minimum absolute atomic E-state index is 0.0913. The summed E-state index contributed by atoms with van der Waals surface area (Å²) in [6.07, 6.45) is 1.63. The molecule has 10 heteroatoms. The molecule has 26 heavy (non-hydrogen) atoms. The van der Waals surface area contributed by atoms with Gasteiger partial charge in [0.2, 0.25) is 9.84 Å². The first-order chi connectivity index (χ1) is 12.4. The first-order valence-corrected chi connectivity index (χ1v) is 9.06. The summed E-state index contributed by atoms with van der Waals surface area (Å²) in [7, 11) is -4.01. The summed E-state index contributed by atoms with van der Waals surface area (Å²) in [6.45, 7) is 1.84. The number of sulfone groups is 1. The van der Waals surface area contributed by atoms with Crippen molar-refractivity contribution in [3.05, 3.63) is 54.1 Å². The van der Waals surface area contributed by atoms with E-state index in [2.05, 4.69) is 30.5 Å². The van der Waals surface area contributed by atoms with Crippen molar-refractivity contribution >= 4 is 32.5 Å². The number of fused-ring (bicyclic) bond motifs is 1. The van der Waals surface area contributed by atoms with E-state index in [9.17, 15) is 12.8 Å². The molecule has 4 aromatic rings. The Labute approximate surface area is 147 Å². The molecule has 0 aliphatic rings. The number of benzene rings is 1. The van der Waals surface area contributed by atoms with Gasteiger partial charge in [0.25, 0.3) is 5.16 Å². The molecule has 0 spiro atoms. The van der Waals surface area contributed by atoms with Crippen LogP contribution in [0.4, 0.5) is 16.0 Å². The number of hydrogen-bond donors (Lipinski definition) is 3. The molecule has 3 aromatic heterocycles. The second kappa shape index (κ2) is 5.92. The molecular weight excluding hydrogens is 359 g/mol. The highest BCUT2D eigenvalue weighted by atomic mass is 32.2. The van der Waals surface area contributed by atoms with Gasteiger partial charge in [0.15, 0.2) is 5.82 Å². The number of aryl methyl sites for hydroxylation is 1. The van der Waals surface area contributed by atoms with Crippen LogP contribution in [0.1, 0.15) is 5.69 Å². The van der Waals surface area contributed by atoms with E-state index in [0.717, 1.165) is 17.8 Å². The lowest BCUT2D eigenvalue weighted by Crippen LogP contribution is -2.09. The maximum absolute atomic E-state index is 13.1. The van der Waals surface area contributed by atoms with Crippen molar-refractivity contribution in [2.24, 2.45) is 0 Å². The van der Waals surface area contributed by atoms with Gasteiger partial charge in [-0.05, 0) is 37.3 Å². The molecule has 3 heterocycles. The highest BCUT2D eigenvalue weighted by molar-refractivity contribution is 7.91. The predicted molar refractivity (Wildman–Crippen MR) is 92.3 cm³/mol. The Morgan fingerprint density at radius 1 is 1.12 bits per heavy atom. The molecule has 0 saturated carbocycles. The fourth-order valence-electron chi connectivity index (χ4n) is 2.46. The van der Waals surface area contributed by atoms with E-state index in [-0.39, 0.29) is 4.90 Å². The van der Waals surface area contributed by atoms with Crippen LogP contribution in [0.2, 0.25) is 0 Å². The van der Waals surface area contributed by atoms with Crippen molar-refractivity contribution < 1.29 is 12.8 Å². The minimum atomic E-state index is -4.01. The Balaban J connectivity index is 1.84. The number of anilines is 2. The number of aromatic amines is 2. The average Bonchev–Trinajstić information content (AvgIpc) is 3.24. The van der Waals surface area contributed by atoms with Crippen LogP contribution in [0, 0.1) is 12.7 Å². The maximum Gasteiger partial charge on any atom is 0.256 e. The molecule has 0 aliphatic heterocycles. The number of nitrogens with zero attached hydrogens (tertiary/aromatic N) is 3. The van der Waals surface area contributed by atoms with Crippen LogP contribution >= 0.6 is 0 Å². The molecule has 8 nitrogen and oxygen atoms in total. The summed E-state index contributed by atoms with van der Waals surface area (Å²) >= 11 is 0. The molecule has 0 atom stereocenters. The third-order valence-electron chi connectivity index (χ3n) is 3.71. The molecule has 0 amide bonds. The number of aromatic nitrogens is 5. The lowest BCUT2D eigenvalue weighted by Gasteiger charge is -2.08. The molecule has 4 rings (SSSR count). The summed E-state index contributed by atoms with van der Waals surface area (Å²) in [5.41, 5.74) is 1.20. The largest absolute Gasteiger partial charge is 0.346 e. The lowest BCUT2D eigenvalue weighted by atomic mass is 10.3. The predicted octanol–water partition coefficient (Wildman–Crippen LogP) is 2.70. The SMILES string of the molecule is Cc1cc(Nc2nc(S(=O)(=O)c3ccc(F)cc3)nc3[nH]ccc23)n[nH]1. The van der Waals surface area contributed by atoms with E-state index in [4.69, 9.17) is 0 Å². The van der Waals surface area contributed by atoms with Crippen molar-refractivity contribution in [1.82, 2.24) is 25.1 Å². The second-order valence-electron chi connectivity index (χ2n) is 5.61. The van der Waals surface area contributed by atoms with Crippen molar-refractivity contribution in [3.63, 3.8) is 0 Å². The van der Waals surface area contributed by atoms with E-state index in [1.54, 1.807) is 18.3 Å². The van der Waals surface area contributed by atoms with Crippen molar-refractivity contribution in [1.29, 1.82) is 0 Å². The quantitative estimate of drug-likeness (QED) is 0.375. The van der Waals surface area contributed by atoms with Crippen LogP contribution in [-0.4, -0.2) is 33.6 Å². The molecular formula is C16H13FN6O2S. The number of halogens is 1. The van der Waals surface area contributed by atoms with E-state index < -0.39 is 20.8 Å². The Kier molecular flexibility index (Phi) is 3.69. The van der Waals surface area contributed by atoms with Crippen molar-refractivity contribution in [3.8, 4) is 0 Å². The number of rotatable bonds is 4. The molecule has 0 unspecified atom stereocenters. The Morgan fingerprint density at radius 3 is 2.58 bits per heavy atom. The molecule has 0 radical (unpaired) electrons. The van der Waals surface area contributed by atoms with Gasteiger partial charge in [-0.25, -0.2) is 12.8 Å². The molecule has 3 N–H and O–H groups in total. The van der Waals surface area contributed by atoms with Gasteiger partial charge in [-0.2, -0.15) is 15.1 Å². The Hall–Kier alpha value is -3.27. The summed E-state index contributed by atoms with van der Waals surface area (Å²) in [6, 6.07) is 7.99. The monoisotopic (exact) mass is 372 g/mol. The fraction of sp³-hybridized carbons (Fsp3) is 0.0625. The first-order valence-electron chi connectivity index (χ1n) is 7.58. The molecule has 0 bridgehead atoms. The summed E-state index contributed by atoms with van der Waals surface area (Å²) in [5, 5.41) is 10.1. The maximum atomic E-state index is 13.1. The summed E-state index contributed by atoms with van der Waals surface area (Å²) in [5.74, 6) is 0.262. The zero-order valence-electron chi connectivity index (χ0n) is 13.5. The molecule has 132 valence electrons. The normalized spacial score (nSPS) is 11.8. The van der Waals surface area contributed by atoms with Gasteiger partial charge < -0.3 is 10.3 Å². The van der Waals surface area contributed by atoms with Gasteiger partial charge in [0.1, 0.15) is 17.3 Å². The lowest BCUT2D eigenvalue weighted by molar-refractivity contribution is 0.586. The number of nitrogens with one attached hydrogen (secondary N) is 3. The van der Waals surface area contributed by atoms with Gasteiger partial charge >= 0.3 is 0 Å². The van der Waals surface area contributed by atoms with Crippen LogP contribution < -0.4 is 5.32 Å². The minimum Gasteiger partial charge on any atom is -0.346 e. The Bertz CT molecular complexity index is 1200. The van der Waals surface area contributed by atoms with Crippen LogP contribution in [0.15, 0.2) is 52.6 Å². The fourth-order valence-corrected chi connectivity index (χ4v) is 3.59. The van der Waals surface area contributed by atoms with Crippen LogP contribution in [0.5, 0.6) is 0 Å². The first kappa shape index (κ1) is 16.2. The third kappa shape index (κ3) is 2.80. The van der Waals surface area contributed by atoms with E-state index in [0.29, 0.717) is 22.7 Å². The number of hydrogen-bond acceptors (Lipinski definition) is 6. The molecule has 1 aromatic carbocycles. The molecule has 0 saturated heterocycles. The zero-order valence-corrected chi connectivity index (χ0v) is 14.3. The van der Waals surface area contributed by atoms with Gasteiger partial charge in [0, 0.05) is 18.0 Å². The second-order valence-corrected chi connectivity index (χ2v) is 7.46. The zero-order chi connectivity index (χ0) is 18.3. The summed E-state index contributed by atoms with van der Waals surface area (Å²) < 4.78 is 38.7. The van der Waals surface area contributed by atoms with Crippen molar-refractivity contribution in [2.45, 2.75) is 17.0 Å². The smallest absolute Gasteiger partial charge is 0.256 e. The molecule has 0 fully saturated rings.